The van der Waals surface area contributed by atoms with E-state index in [0.29, 0.717) is 5.56 Å². The minimum Gasteiger partial charge on any atom is -0.385 e. The van der Waals surface area contributed by atoms with Crippen molar-refractivity contribution in [2.45, 2.75) is 31.1 Å². The molecule has 34 heavy (non-hydrogen) atoms. The average molecular weight is 507 g/mol. The first-order valence-electron chi connectivity index (χ1n) is 9.90. The van der Waals surface area contributed by atoms with Gasteiger partial charge in [-0.3, -0.25) is 14.4 Å². The molecule has 1 aromatic carbocycles. The van der Waals surface area contributed by atoms with E-state index in [2.05, 4.69) is 20.7 Å². The number of ether oxygens (including phenoxy) is 1. The highest BCUT2D eigenvalue weighted by atomic mass is 32.2. The third-order valence-corrected chi connectivity index (χ3v) is 4.85. The molecule has 5 N–H and O–H groups in total. The van der Waals surface area contributed by atoms with Gasteiger partial charge in [0.25, 0.3) is 0 Å². The Kier molecular flexibility index (Phi) is 12.1. The average Bonchev–Trinajstić information content (AvgIpc) is 2.79. The van der Waals surface area contributed by atoms with E-state index in [1.807, 2.05) is 0 Å². The van der Waals surface area contributed by atoms with Gasteiger partial charge in [0.05, 0.1) is 13.1 Å². The van der Waals surface area contributed by atoms with Gasteiger partial charge in [0.2, 0.25) is 17.7 Å². The van der Waals surface area contributed by atoms with Gasteiger partial charge in [-0.05, 0) is 24.0 Å². The SMILES string of the molecule is CSCC[C@H](NC(=O)[C@H](Cc1ccccc1)NC(=O)CNC(=O)CN)C(=O)OC(=O)C(F)(F)F. The molecule has 0 unspecified atom stereocenters. The van der Waals surface area contributed by atoms with Crippen LogP contribution in [0.5, 0.6) is 0 Å². The summed E-state index contributed by atoms with van der Waals surface area (Å²) in [6.07, 6.45) is -3.88. The molecule has 0 aliphatic rings. The Bertz CT molecular complexity index is 870. The molecule has 0 aliphatic heterocycles. The third-order valence-electron chi connectivity index (χ3n) is 4.20. The summed E-state index contributed by atoms with van der Waals surface area (Å²) in [6, 6.07) is 5.62. The molecule has 0 heterocycles. The zero-order valence-corrected chi connectivity index (χ0v) is 19.0. The van der Waals surface area contributed by atoms with Crippen molar-refractivity contribution in [3.63, 3.8) is 0 Å². The summed E-state index contributed by atoms with van der Waals surface area (Å²) >= 11 is 1.25. The highest BCUT2D eigenvalue weighted by Gasteiger charge is 2.43. The number of hydrogen-bond acceptors (Lipinski definition) is 8. The van der Waals surface area contributed by atoms with Gasteiger partial charge in [0.1, 0.15) is 12.1 Å². The normalized spacial score (nSPS) is 12.7. The second-order valence-corrected chi connectivity index (χ2v) is 7.83. The van der Waals surface area contributed by atoms with E-state index in [4.69, 9.17) is 5.73 Å². The van der Waals surface area contributed by atoms with Crippen molar-refractivity contribution in [2.75, 3.05) is 25.1 Å². The number of benzene rings is 1. The number of nitrogens with one attached hydrogen (secondary N) is 3. The topological polar surface area (TPSA) is 157 Å². The number of hydrogen-bond donors (Lipinski definition) is 4. The van der Waals surface area contributed by atoms with E-state index in [9.17, 15) is 37.1 Å². The fraction of sp³-hybridized carbons (Fsp3) is 0.450. The van der Waals surface area contributed by atoms with Gasteiger partial charge in [-0.2, -0.15) is 24.9 Å². The van der Waals surface area contributed by atoms with Gasteiger partial charge < -0.3 is 26.4 Å². The molecule has 0 radical (unpaired) electrons. The summed E-state index contributed by atoms with van der Waals surface area (Å²) in [5.41, 5.74) is 5.78. The van der Waals surface area contributed by atoms with Crippen LogP contribution in [0.3, 0.4) is 0 Å². The fourth-order valence-electron chi connectivity index (χ4n) is 2.53. The number of alkyl halides is 3. The molecule has 14 heteroatoms. The van der Waals surface area contributed by atoms with Crippen molar-refractivity contribution >= 4 is 41.4 Å². The highest BCUT2D eigenvalue weighted by Crippen LogP contribution is 2.17. The van der Waals surface area contributed by atoms with Gasteiger partial charge >= 0.3 is 18.1 Å². The van der Waals surface area contributed by atoms with E-state index in [0.717, 1.165) is 0 Å². The number of nitrogens with two attached hydrogens (primary N) is 1. The first-order chi connectivity index (χ1) is 16.0. The van der Waals surface area contributed by atoms with Crippen molar-refractivity contribution in [1.29, 1.82) is 0 Å². The summed E-state index contributed by atoms with van der Waals surface area (Å²) in [4.78, 5) is 59.5. The van der Waals surface area contributed by atoms with Crippen LogP contribution in [0.25, 0.3) is 0 Å². The summed E-state index contributed by atoms with van der Waals surface area (Å²) in [7, 11) is 0. The van der Waals surface area contributed by atoms with Crippen LogP contribution in [-0.4, -0.2) is 73.0 Å². The lowest BCUT2D eigenvalue weighted by Gasteiger charge is -2.22. The van der Waals surface area contributed by atoms with Crippen LogP contribution >= 0.6 is 11.8 Å². The minimum absolute atomic E-state index is 0.0327. The molecule has 3 amide bonds. The quantitative estimate of drug-likeness (QED) is 0.222. The molecule has 0 spiro atoms. The van der Waals surface area contributed by atoms with Crippen LogP contribution in [-0.2, 0) is 35.1 Å². The van der Waals surface area contributed by atoms with Gasteiger partial charge in [-0.1, -0.05) is 30.3 Å². The van der Waals surface area contributed by atoms with Gasteiger partial charge in [0.15, 0.2) is 0 Å². The molecule has 0 saturated heterocycles. The van der Waals surface area contributed by atoms with Crippen LogP contribution in [0.15, 0.2) is 30.3 Å². The van der Waals surface area contributed by atoms with E-state index in [1.54, 1.807) is 36.6 Å². The number of carbonyl (C=O) groups excluding carboxylic acids is 5. The lowest BCUT2D eigenvalue weighted by Crippen LogP contribution is -2.54. The molecule has 1 rings (SSSR count). The standard InChI is InChI=1S/C20H25F3N4O6S/c1-34-8-7-13(18(31)33-19(32)20(21,22)23)27-17(30)14(9-12-5-3-2-4-6-12)26-16(29)11-25-15(28)10-24/h2-6,13-14H,7-11,24H2,1H3,(H,25,28)(H,26,29)(H,27,30)/t13-,14-/m0/s1. The maximum Gasteiger partial charge on any atom is 0.491 e. The first-order valence-corrected chi connectivity index (χ1v) is 11.3. The summed E-state index contributed by atoms with van der Waals surface area (Å²) in [6.45, 7) is -0.830. The van der Waals surface area contributed by atoms with E-state index in [1.165, 1.54) is 11.8 Å². The molecule has 0 saturated carbocycles. The van der Waals surface area contributed by atoms with E-state index >= 15 is 0 Å². The van der Waals surface area contributed by atoms with E-state index in [-0.39, 0.29) is 25.1 Å². The molecule has 188 valence electrons. The van der Waals surface area contributed by atoms with Crippen molar-refractivity contribution in [3.8, 4) is 0 Å². The monoisotopic (exact) mass is 506 g/mol. The zero-order chi connectivity index (χ0) is 25.7. The molecule has 2 atom stereocenters. The van der Waals surface area contributed by atoms with Gasteiger partial charge in [-0.15, -0.1) is 0 Å². The summed E-state index contributed by atoms with van der Waals surface area (Å²) in [5, 5.41) is 6.88. The largest absolute Gasteiger partial charge is 0.491 e. The Morgan fingerprint density at radius 2 is 1.68 bits per heavy atom. The molecule has 0 fully saturated rings. The second kappa shape index (κ2) is 14.2. The van der Waals surface area contributed by atoms with Crippen molar-refractivity contribution in [3.05, 3.63) is 35.9 Å². The van der Waals surface area contributed by atoms with Crippen LogP contribution < -0.4 is 21.7 Å². The van der Waals surface area contributed by atoms with Crippen LogP contribution in [0.2, 0.25) is 0 Å². The van der Waals surface area contributed by atoms with Crippen LogP contribution in [0, 0.1) is 0 Å². The third kappa shape index (κ3) is 10.7. The van der Waals surface area contributed by atoms with Crippen LogP contribution in [0.1, 0.15) is 12.0 Å². The number of esters is 2. The maximum absolute atomic E-state index is 12.9. The predicted octanol–water partition coefficient (Wildman–Crippen LogP) is -0.341. The van der Waals surface area contributed by atoms with Gasteiger partial charge in [-0.25, -0.2) is 9.59 Å². The van der Waals surface area contributed by atoms with E-state index < -0.39 is 54.5 Å². The number of halogens is 3. The fourth-order valence-corrected chi connectivity index (χ4v) is 3.00. The Hall–Kier alpha value is -3.13. The molecular formula is C20H25F3N4O6S. The number of rotatable bonds is 12. The molecule has 0 aliphatic carbocycles. The first kappa shape index (κ1) is 28.9. The van der Waals surface area contributed by atoms with Crippen molar-refractivity contribution in [2.24, 2.45) is 5.73 Å². The molecule has 0 aromatic heterocycles. The summed E-state index contributed by atoms with van der Waals surface area (Å²) in [5.74, 6) is -6.27. The van der Waals surface area contributed by atoms with Crippen molar-refractivity contribution < 1.29 is 41.9 Å². The lowest BCUT2D eigenvalue weighted by atomic mass is 10.0. The maximum atomic E-state index is 12.9. The predicted molar refractivity (Wildman–Crippen MR) is 116 cm³/mol. The second-order valence-electron chi connectivity index (χ2n) is 6.84. The zero-order valence-electron chi connectivity index (χ0n) is 18.1. The molecular weight excluding hydrogens is 481 g/mol. The summed E-state index contributed by atoms with van der Waals surface area (Å²) < 4.78 is 41.2. The number of amides is 3. The minimum atomic E-state index is -5.39. The van der Waals surface area contributed by atoms with Gasteiger partial charge in [0, 0.05) is 6.42 Å². The highest BCUT2D eigenvalue weighted by molar-refractivity contribution is 7.98. The Morgan fingerprint density at radius 3 is 2.24 bits per heavy atom. The lowest BCUT2D eigenvalue weighted by molar-refractivity contribution is -0.202. The van der Waals surface area contributed by atoms with Crippen molar-refractivity contribution in [1.82, 2.24) is 16.0 Å². The molecule has 1 aromatic rings. The number of carbonyl (C=O) groups is 5. The van der Waals surface area contributed by atoms with Crippen LogP contribution in [0.4, 0.5) is 13.2 Å². The Labute approximate surface area is 197 Å². The molecule has 0 bridgehead atoms. The Balaban J connectivity index is 2.99. The Morgan fingerprint density at radius 1 is 1.03 bits per heavy atom. The molecule has 10 nitrogen and oxygen atoms in total. The number of thioether (sulfide) groups is 1. The smallest absolute Gasteiger partial charge is 0.385 e.